The van der Waals surface area contributed by atoms with E-state index in [0.29, 0.717) is 48.3 Å². The molecule has 0 unspecified atom stereocenters. The van der Waals surface area contributed by atoms with Gasteiger partial charge in [-0.15, -0.1) is 0 Å². The molecule has 0 bridgehead atoms. The van der Waals surface area contributed by atoms with E-state index in [1.807, 2.05) is 35.0 Å². The van der Waals surface area contributed by atoms with Crippen molar-refractivity contribution in [2.45, 2.75) is 6.54 Å². The lowest BCUT2D eigenvalue weighted by molar-refractivity contribution is -0.133. The minimum atomic E-state index is -0.102. The minimum Gasteiger partial charge on any atom is -0.497 e. The average Bonchev–Trinajstić information content (AvgIpc) is 3.19. The number of piperazine rings is 1. The molecule has 1 aliphatic rings. The maximum absolute atomic E-state index is 12.9. The van der Waals surface area contributed by atoms with Gasteiger partial charge in [0.2, 0.25) is 5.91 Å². The molecule has 0 atom stereocenters. The van der Waals surface area contributed by atoms with Crippen LogP contribution >= 0.6 is 11.6 Å². The number of aromatic nitrogens is 1. The Kier molecular flexibility index (Phi) is 6.04. The summed E-state index contributed by atoms with van der Waals surface area (Å²) in [5.74, 6) is 1.05. The highest BCUT2D eigenvalue weighted by Crippen LogP contribution is 2.24. The maximum atomic E-state index is 12.9. The molecule has 8 heteroatoms. The van der Waals surface area contributed by atoms with Crippen LogP contribution in [0.15, 0.2) is 48.7 Å². The van der Waals surface area contributed by atoms with Gasteiger partial charge in [-0.1, -0.05) is 17.7 Å². The van der Waals surface area contributed by atoms with Crippen molar-refractivity contribution < 1.29 is 19.1 Å². The van der Waals surface area contributed by atoms with E-state index in [1.54, 1.807) is 42.2 Å². The van der Waals surface area contributed by atoms with Crippen molar-refractivity contribution in [2.75, 3.05) is 40.4 Å². The number of fused-ring (bicyclic) bond motifs is 1. The Labute approximate surface area is 185 Å². The molecule has 3 aromatic rings. The van der Waals surface area contributed by atoms with E-state index in [-0.39, 0.29) is 18.4 Å². The summed E-state index contributed by atoms with van der Waals surface area (Å²) in [5, 5.41) is 1.68. The highest BCUT2D eigenvalue weighted by Gasteiger charge is 2.25. The number of hydrogen-bond donors (Lipinski definition) is 0. The van der Waals surface area contributed by atoms with Crippen LogP contribution in [-0.4, -0.2) is 66.6 Å². The van der Waals surface area contributed by atoms with Crippen molar-refractivity contribution in [1.29, 1.82) is 0 Å². The van der Waals surface area contributed by atoms with Gasteiger partial charge in [-0.3, -0.25) is 9.59 Å². The van der Waals surface area contributed by atoms with E-state index >= 15 is 0 Å². The quantitative estimate of drug-likeness (QED) is 0.609. The second kappa shape index (κ2) is 8.89. The summed E-state index contributed by atoms with van der Waals surface area (Å²) in [4.78, 5) is 29.3. The largest absolute Gasteiger partial charge is 0.497 e. The summed E-state index contributed by atoms with van der Waals surface area (Å²) >= 11 is 6.11. The molecular formula is C23H24ClN3O4. The van der Waals surface area contributed by atoms with Gasteiger partial charge in [-0.05, 0) is 35.7 Å². The molecule has 1 aromatic heterocycles. The summed E-state index contributed by atoms with van der Waals surface area (Å²) in [6.07, 6.45) is 1.90. The fraction of sp³-hybridized carbons (Fsp3) is 0.304. The molecule has 162 valence electrons. The number of rotatable bonds is 5. The second-order valence-electron chi connectivity index (χ2n) is 7.42. The van der Waals surface area contributed by atoms with E-state index in [4.69, 9.17) is 21.1 Å². The monoisotopic (exact) mass is 441 g/mol. The lowest BCUT2D eigenvalue weighted by atomic mass is 10.1. The Balaban J connectivity index is 1.39. The van der Waals surface area contributed by atoms with Gasteiger partial charge in [0.05, 0.1) is 14.2 Å². The Morgan fingerprint density at radius 1 is 0.903 bits per heavy atom. The molecule has 0 N–H and O–H groups in total. The molecule has 0 aliphatic carbocycles. The highest BCUT2D eigenvalue weighted by atomic mass is 35.5. The summed E-state index contributed by atoms with van der Waals surface area (Å²) in [5.41, 5.74) is 1.44. The van der Waals surface area contributed by atoms with Crippen molar-refractivity contribution in [3.63, 3.8) is 0 Å². The molecule has 1 saturated heterocycles. The Bertz CT molecular complexity index is 1100. The normalized spacial score (nSPS) is 14.0. The van der Waals surface area contributed by atoms with Crippen molar-refractivity contribution in [1.82, 2.24) is 14.4 Å². The summed E-state index contributed by atoms with van der Waals surface area (Å²) in [6.45, 7) is 2.17. The van der Waals surface area contributed by atoms with Gasteiger partial charge in [0.25, 0.3) is 5.91 Å². The van der Waals surface area contributed by atoms with E-state index in [1.165, 1.54) is 0 Å². The van der Waals surface area contributed by atoms with E-state index in [0.717, 1.165) is 10.9 Å². The molecule has 0 saturated carbocycles. The van der Waals surface area contributed by atoms with Crippen LogP contribution in [0.25, 0.3) is 10.9 Å². The number of halogens is 1. The third kappa shape index (κ3) is 4.46. The van der Waals surface area contributed by atoms with E-state index < -0.39 is 0 Å². The SMILES string of the molecule is COc1cc(OC)cc(C(=O)N2CCN(C(=O)Cn3ccc4ccc(Cl)cc43)CC2)c1. The number of nitrogens with zero attached hydrogens (tertiary/aromatic N) is 3. The first-order valence-electron chi connectivity index (χ1n) is 10.0. The standard InChI is InChI=1S/C23H24ClN3O4/c1-30-19-11-17(12-20(14-19)31-2)23(29)26-9-7-25(8-10-26)22(28)15-27-6-5-16-3-4-18(24)13-21(16)27/h3-6,11-14H,7-10,15H2,1-2H3. The Morgan fingerprint density at radius 3 is 2.19 bits per heavy atom. The molecule has 31 heavy (non-hydrogen) atoms. The number of carbonyl (C=O) groups excluding carboxylic acids is 2. The second-order valence-corrected chi connectivity index (χ2v) is 7.86. The summed E-state index contributed by atoms with van der Waals surface area (Å²) in [6, 6.07) is 12.7. The van der Waals surface area contributed by atoms with Crippen LogP contribution in [0.3, 0.4) is 0 Å². The third-order valence-electron chi connectivity index (χ3n) is 5.56. The lowest BCUT2D eigenvalue weighted by Crippen LogP contribution is -2.51. The van der Waals surface area contributed by atoms with Crippen molar-refractivity contribution >= 4 is 34.3 Å². The van der Waals surface area contributed by atoms with Gasteiger partial charge >= 0.3 is 0 Å². The van der Waals surface area contributed by atoms with Crippen LogP contribution in [0, 0.1) is 0 Å². The van der Waals surface area contributed by atoms with Gasteiger partial charge in [0.15, 0.2) is 0 Å². The maximum Gasteiger partial charge on any atom is 0.254 e. The molecule has 0 radical (unpaired) electrons. The third-order valence-corrected chi connectivity index (χ3v) is 5.79. The molecule has 1 aliphatic heterocycles. The van der Waals surface area contributed by atoms with Crippen LogP contribution in [0.5, 0.6) is 11.5 Å². The molecule has 7 nitrogen and oxygen atoms in total. The number of hydrogen-bond acceptors (Lipinski definition) is 4. The number of carbonyl (C=O) groups is 2. The molecule has 2 heterocycles. The molecule has 2 aromatic carbocycles. The predicted molar refractivity (Wildman–Crippen MR) is 119 cm³/mol. The first-order valence-corrected chi connectivity index (χ1v) is 10.4. The van der Waals surface area contributed by atoms with Crippen molar-refractivity contribution in [3.8, 4) is 11.5 Å². The summed E-state index contributed by atoms with van der Waals surface area (Å²) in [7, 11) is 3.10. The molecule has 4 rings (SSSR count). The number of benzene rings is 2. The van der Waals surface area contributed by atoms with E-state index in [2.05, 4.69) is 0 Å². The lowest BCUT2D eigenvalue weighted by Gasteiger charge is -2.35. The molecule has 1 fully saturated rings. The Morgan fingerprint density at radius 2 is 1.55 bits per heavy atom. The van der Waals surface area contributed by atoms with Gasteiger partial charge in [0.1, 0.15) is 18.0 Å². The van der Waals surface area contributed by atoms with Gasteiger partial charge < -0.3 is 23.8 Å². The zero-order valence-electron chi connectivity index (χ0n) is 17.5. The summed E-state index contributed by atoms with van der Waals surface area (Å²) < 4.78 is 12.4. The smallest absolute Gasteiger partial charge is 0.254 e. The van der Waals surface area contributed by atoms with E-state index in [9.17, 15) is 9.59 Å². The van der Waals surface area contributed by atoms with Gasteiger partial charge in [0, 0.05) is 54.5 Å². The highest BCUT2D eigenvalue weighted by molar-refractivity contribution is 6.31. The van der Waals surface area contributed by atoms with Crippen LogP contribution in [0.4, 0.5) is 0 Å². The van der Waals surface area contributed by atoms with Crippen LogP contribution in [-0.2, 0) is 11.3 Å². The number of ether oxygens (including phenoxy) is 2. The number of amides is 2. The zero-order valence-corrected chi connectivity index (χ0v) is 18.3. The average molecular weight is 442 g/mol. The van der Waals surface area contributed by atoms with Crippen molar-refractivity contribution in [3.05, 3.63) is 59.2 Å². The zero-order chi connectivity index (χ0) is 22.0. The molecule has 2 amide bonds. The molecular weight excluding hydrogens is 418 g/mol. The first kappa shape index (κ1) is 21.1. The fourth-order valence-electron chi connectivity index (χ4n) is 3.81. The number of methoxy groups -OCH3 is 2. The van der Waals surface area contributed by atoms with Crippen LogP contribution in [0.2, 0.25) is 5.02 Å². The van der Waals surface area contributed by atoms with Crippen molar-refractivity contribution in [2.24, 2.45) is 0 Å². The van der Waals surface area contributed by atoms with Gasteiger partial charge in [-0.25, -0.2) is 0 Å². The topological polar surface area (TPSA) is 64.0 Å². The Hall–Kier alpha value is -3.19. The van der Waals surface area contributed by atoms with Gasteiger partial charge in [-0.2, -0.15) is 0 Å². The molecule has 0 spiro atoms. The first-order chi connectivity index (χ1) is 15.0. The fourth-order valence-corrected chi connectivity index (χ4v) is 3.98. The minimum absolute atomic E-state index is 0.0209. The predicted octanol–water partition coefficient (Wildman–Crippen LogP) is 3.30. The van der Waals surface area contributed by atoms with Crippen LogP contribution < -0.4 is 9.47 Å². The van der Waals surface area contributed by atoms with Crippen LogP contribution in [0.1, 0.15) is 10.4 Å².